The van der Waals surface area contributed by atoms with Crippen LogP contribution in [0.4, 0.5) is 5.69 Å². The normalized spacial score (nSPS) is 11.0. The van der Waals surface area contributed by atoms with Crippen molar-refractivity contribution in [1.82, 2.24) is 0 Å². The number of hydrogen-bond acceptors (Lipinski definition) is 8. The minimum Gasteiger partial charge on any atom is -0.494 e. The Labute approximate surface area is 171 Å². The van der Waals surface area contributed by atoms with E-state index in [2.05, 4.69) is 16.4 Å². The van der Waals surface area contributed by atoms with Crippen LogP contribution in [0, 0.1) is 5.92 Å². The summed E-state index contributed by atoms with van der Waals surface area (Å²) in [6, 6.07) is 7.77. The van der Waals surface area contributed by atoms with E-state index < -0.39 is 0 Å². The van der Waals surface area contributed by atoms with Crippen molar-refractivity contribution in [2.24, 2.45) is 5.92 Å². The number of unbranched alkanes of at least 4 members (excludes halogenated alkanes) is 1. The second-order valence-electron chi connectivity index (χ2n) is 6.17. The predicted molar refractivity (Wildman–Crippen MR) is 114 cm³/mol. The third-order valence-electron chi connectivity index (χ3n) is 3.60. The summed E-state index contributed by atoms with van der Waals surface area (Å²) in [5, 5.41) is 0. The molecule has 0 unspecified atom stereocenters. The molecule has 0 spiro atoms. The first kappa shape index (κ1) is 24.1. The highest BCUT2D eigenvalue weighted by Gasteiger charge is 2.06. The van der Waals surface area contributed by atoms with E-state index in [1.54, 1.807) is 0 Å². The van der Waals surface area contributed by atoms with Gasteiger partial charge in [0.15, 0.2) is 5.78 Å². The first-order chi connectivity index (χ1) is 13.1. The fraction of sp³-hybridized carbons (Fsp3) is 0.632. The standard InChI is InChI=1S/C19H31NO5S2/c1-16(2)19(21)15-24-14-13-23-12-11-22-9-3-4-10-25-18-7-5-17(6-8-18)20-27-26/h5-8,16,20,26H,3-4,9-15H2,1-2H3. The molecule has 0 heterocycles. The summed E-state index contributed by atoms with van der Waals surface area (Å²) in [4.78, 5) is 11.3. The molecular formula is C19H31NO5S2. The zero-order valence-electron chi connectivity index (χ0n) is 16.1. The molecule has 1 rings (SSSR count). The van der Waals surface area contributed by atoms with Gasteiger partial charge in [0.1, 0.15) is 12.4 Å². The van der Waals surface area contributed by atoms with Crippen molar-refractivity contribution in [2.75, 3.05) is 51.0 Å². The van der Waals surface area contributed by atoms with Crippen molar-refractivity contribution in [2.45, 2.75) is 26.7 Å². The summed E-state index contributed by atoms with van der Waals surface area (Å²) in [7, 11) is 1.26. The molecule has 0 saturated carbocycles. The molecule has 27 heavy (non-hydrogen) atoms. The van der Waals surface area contributed by atoms with Gasteiger partial charge in [-0.05, 0) is 37.1 Å². The quantitative estimate of drug-likeness (QED) is 0.172. The van der Waals surface area contributed by atoms with Crippen LogP contribution in [0.1, 0.15) is 26.7 Å². The van der Waals surface area contributed by atoms with Crippen molar-refractivity contribution in [3.8, 4) is 5.75 Å². The second-order valence-corrected chi connectivity index (χ2v) is 7.11. The Morgan fingerprint density at radius 1 is 0.963 bits per heavy atom. The van der Waals surface area contributed by atoms with Crippen LogP contribution in [-0.4, -0.2) is 52.0 Å². The van der Waals surface area contributed by atoms with Gasteiger partial charge >= 0.3 is 0 Å². The van der Waals surface area contributed by atoms with Gasteiger partial charge in [0.25, 0.3) is 0 Å². The fourth-order valence-corrected chi connectivity index (χ4v) is 2.51. The average molecular weight is 418 g/mol. The molecular weight excluding hydrogens is 386 g/mol. The molecule has 0 radical (unpaired) electrons. The minimum absolute atomic E-state index is 0.0184. The van der Waals surface area contributed by atoms with Crippen LogP contribution in [0.15, 0.2) is 24.3 Å². The number of ether oxygens (including phenoxy) is 4. The molecule has 0 aliphatic heterocycles. The highest BCUT2D eigenvalue weighted by Crippen LogP contribution is 2.19. The smallest absolute Gasteiger partial charge is 0.160 e. The van der Waals surface area contributed by atoms with Gasteiger partial charge in [-0.2, -0.15) is 0 Å². The van der Waals surface area contributed by atoms with Crippen molar-refractivity contribution < 1.29 is 23.7 Å². The third kappa shape index (κ3) is 13.0. The lowest BCUT2D eigenvalue weighted by Gasteiger charge is -2.08. The molecule has 1 N–H and O–H groups in total. The van der Waals surface area contributed by atoms with E-state index in [9.17, 15) is 4.79 Å². The van der Waals surface area contributed by atoms with E-state index in [-0.39, 0.29) is 18.3 Å². The molecule has 0 bridgehead atoms. The van der Waals surface area contributed by atoms with Crippen molar-refractivity contribution in [3.63, 3.8) is 0 Å². The zero-order chi connectivity index (χ0) is 19.7. The summed E-state index contributed by atoms with van der Waals surface area (Å²) < 4.78 is 24.9. The number of benzene rings is 1. The lowest BCUT2D eigenvalue weighted by molar-refractivity contribution is -0.127. The van der Waals surface area contributed by atoms with Crippen LogP contribution in [0.3, 0.4) is 0 Å². The van der Waals surface area contributed by atoms with Gasteiger partial charge in [-0.25, -0.2) is 0 Å². The third-order valence-corrected chi connectivity index (χ3v) is 4.20. The minimum atomic E-state index is 0.0184. The summed E-state index contributed by atoms with van der Waals surface area (Å²) in [5.74, 6) is 0.991. The van der Waals surface area contributed by atoms with E-state index in [0.29, 0.717) is 39.6 Å². The number of anilines is 1. The number of Topliss-reactive ketones (excluding diaryl/α,β-unsaturated/α-hetero) is 1. The first-order valence-electron chi connectivity index (χ1n) is 9.18. The molecule has 1 aromatic rings. The van der Waals surface area contributed by atoms with Crippen molar-refractivity contribution in [1.29, 1.82) is 0 Å². The molecule has 0 aliphatic carbocycles. The Morgan fingerprint density at radius 3 is 2.19 bits per heavy atom. The van der Waals surface area contributed by atoms with Crippen LogP contribution in [0.2, 0.25) is 0 Å². The van der Waals surface area contributed by atoms with Gasteiger partial charge in [-0.15, -0.1) is 0 Å². The van der Waals surface area contributed by atoms with E-state index in [1.807, 2.05) is 38.1 Å². The Hall–Kier alpha value is -0.930. The topological polar surface area (TPSA) is 66.0 Å². The molecule has 0 atom stereocenters. The molecule has 8 heteroatoms. The second kappa shape index (κ2) is 16.1. The fourth-order valence-electron chi connectivity index (χ4n) is 1.95. The molecule has 6 nitrogen and oxygen atoms in total. The van der Waals surface area contributed by atoms with Crippen LogP contribution in [-0.2, 0) is 19.0 Å². The Bertz CT molecular complexity index is 499. The predicted octanol–water partition coefficient (Wildman–Crippen LogP) is 4.03. The molecule has 0 amide bonds. The Balaban J connectivity index is 1.84. The number of carbonyl (C=O) groups is 1. The number of ketones is 1. The van der Waals surface area contributed by atoms with E-state index >= 15 is 0 Å². The van der Waals surface area contributed by atoms with Gasteiger partial charge in [0.2, 0.25) is 0 Å². The number of hydrogen-bond donors (Lipinski definition) is 2. The molecule has 0 aliphatic rings. The summed E-state index contributed by atoms with van der Waals surface area (Å²) in [6.45, 7) is 7.25. The van der Waals surface area contributed by atoms with E-state index in [0.717, 1.165) is 24.3 Å². The monoisotopic (exact) mass is 417 g/mol. The van der Waals surface area contributed by atoms with E-state index in [1.165, 1.54) is 11.0 Å². The lowest BCUT2D eigenvalue weighted by atomic mass is 10.1. The van der Waals surface area contributed by atoms with Gasteiger partial charge in [-0.1, -0.05) is 25.5 Å². The zero-order valence-corrected chi connectivity index (χ0v) is 17.9. The van der Waals surface area contributed by atoms with Crippen molar-refractivity contribution in [3.05, 3.63) is 24.3 Å². The number of thiol groups is 1. The largest absolute Gasteiger partial charge is 0.494 e. The Kier molecular flexibility index (Phi) is 14.3. The molecule has 0 saturated heterocycles. The maximum Gasteiger partial charge on any atom is 0.160 e. The Morgan fingerprint density at radius 2 is 1.56 bits per heavy atom. The van der Waals surface area contributed by atoms with E-state index in [4.69, 9.17) is 18.9 Å². The lowest BCUT2D eigenvalue weighted by Crippen LogP contribution is -2.17. The molecule has 154 valence electrons. The van der Waals surface area contributed by atoms with Gasteiger partial charge in [0, 0.05) is 29.2 Å². The molecule has 0 fully saturated rings. The van der Waals surface area contributed by atoms with Crippen molar-refractivity contribution >= 4 is 34.1 Å². The number of nitrogens with one attached hydrogen (secondary N) is 1. The van der Waals surface area contributed by atoms with Gasteiger partial charge < -0.3 is 23.7 Å². The summed E-state index contributed by atoms with van der Waals surface area (Å²) >= 11 is 4.04. The maximum absolute atomic E-state index is 11.3. The first-order valence-corrected chi connectivity index (χ1v) is 11.1. The highest BCUT2D eigenvalue weighted by atomic mass is 33.1. The number of carbonyl (C=O) groups excluding carboxylic acids is 1. The van der Waals surface area contributed by atoms with Crippen LogP contribution in [0.5, 0.6) is 5.75 Å². The van der Waals surface area contributed by atoms with Crippen LogP contribution < -0.4 is 9.46 Å². The van der Waals surface area contributed by atoms with Crippen LogP contribution >= 0.6 is 22.6 Å². The van der Waals surface area contributed by atoms with Crippen LogP contribution in [0.25, 0.3) is 0 Å². The molecule has 1 aromatic carbocycles. The van der Waals surface area contributed by atoms with Gasteiger partial charge in [0.05, 0.1) is 33.0 Å². The average Bonchev–Trinajstić information content (AvgIpc) is 2.66. The van der Waals surface area contributed by atoms with Gasteiger partial charge in [-0.3, -0.25) is 4.79 Å². The summed E-state index contributed by atoms with van der Waals surface area (Å²) in [5.41, 5.74) is 0.994. The maximum atomic E-state index is 11.3. The highest BCUT2D eigenvalue weighted by molar-refractivity contribution is 8.69. The summed E-state index contributed by atoms with van der Waals surface area (Å²) in [6.07, 6.45) is 1.88. The molecule has 0 aromatic heterocycles. The SMILES string of the molecule is CC(C)C(=O)COCCOCCOCCCCOc1ccc(NSS)cc1. The number of rotatable bonds is 17.